The van der Waals surface area contributed by atoms with Crippen molar-refractivity contribution in [3.8, 4) is 0 Å². The Labute approximate surface area is 165 Å². The van der Waals surface area contributed by atoms with Crippen LogP contribution in [0.5, 0.6) is 0 Å². The Balaban J connectivity index is 2.30. The molecule has 1 aliphatic heterocycles. The van der Waals surface area contributed by atoms with Crippen molar-refractivity contribution in [2.24, 2.45) is 0 Å². The van der Waals surface area contributed by atoms with E-state index in [1.807, 2.05) is 24.5 Å². The predicted molar refractivity (Wildman–Crippen MR) is 113 cm³/mol. The standard InChI is InChI=1S/C22H26N2O2S/c1-6-10-16-18(7-2)23(13-20(25)26)15(5)21(16)22-17-11-8-9-12-19(17)27-24(22)14(3)4/h6-12,14,22H,2,13H2,1,3-5H3,(H,25,26)/b10-6-. The summed E-state index contributed by atoms with van der Waals surface area (Å²) in [6.07, 6.45) is 5.84. The fourth-order valence-electron chi connectivity index (χ4n) is 3.83. The predicted octanol–water partition coefficient (Wildman–Crippen LogP) is 5.38. The summed E-state index contributed by atoms with van der Waals surface area (Å²) in [5.74, 6) is -0.850. The van der Waals surface area contributed by atoms with Crippen LogP contribution in [-0.4, -0.2) is 26.0 Å². The average Bonchev–Trinajstić information content (AvgIpc) is 3.11. The van der Waals surface area contributed by atoms with Gasteiger partial charge >= 0.3 is 5.97 Å². The van der Waals surface area contributed by atoms with Crippen LogP contribution >= 0.6 is 11.9 Å². The van der Waals surface area contributed by atoms with Gasteiger partial charge in [-0.25, -0.2) is 4.31 Å². The van der Waals surface area contributed by atoms with Gasteiger partial charge in [0.25, 0.3) is 0 Å². The van der Waals surface area contributed by atoms with Crippen molar-refractivity contribution in [2.75, 3.05) is 0 Å². The number of carboxylic acids is 1. The molecular formula is C22H26N2O2S. The molecule has 2 aromatic rings. The molecule has 0 radical (unpaired) electrons. The maximum Gasteiger partial charge on any atom is 0.323 e. The molecule has 0 bridgehead atoms. The van der Waals surface area contributed by atoms with Gasteiger partial charge in [-0.15, -0.1) is 0 Å². The summed E-state index contributed by atoms with van der Waals surface area (Å²) in [4.78, 5) is 12.7. The minimum absolute atomic E-state index is 0.0685. The lowest BCUT2D eigenvalue weighted by Crippen LogP contribution is -2.26. The highest BCUT2D eigenvalue weighted by molar-refractivity contribution is 7.97. The molecule has 5 heteroatoms. The summed E-state index contributed by atoms with van der Waals surface area (Å²) >= 11 is 1.78. The molecule has 3 rings (SSSR count). The molecule has 0 fully saturated rings. The number of aliphatic carboxylic acids is 1. The van der Waals surface area contributed by atoms with Crippen LogP contribution in [0.3, 0.4) is 0 Å². The van der Waals surface area contributed by atoms with Crippen molar-refractivity contribution in [1.82, 2.24) is 8.87 Å². The van der Waals surface area contributed by atoms with E-state index < -0.39 is 5.97 Å². The average molecular weight is 383 g/mol. The molecule has 0 saturated carbocycles. The molecular weight excluding hydrogens is 356 g/mol. The van der Waals surface area contributed by atoms with E-state index in [2.05, 4.69) is 55.1 Å². The van der Waals surface area contributed by atoms with E-state index >= 15 is 0 Å². The molecule has 1 aromatic carbocycles. The maximum atomic E-state index is 11.5. The summed E-state index contributed by atoms with van der Waals surface area (Å²) in [5, 5.41) is 9.42. The molecule has 1 N–H and O–H groups in total. The monoisotopic (exact) mass is 382 g/mol. The van der Waals surface area contributed by atoms with Gasteiger partial charge in [-0.05, 0) is 57.3 Å². The van der Waals surface area contributed by atoms with Gasteiger partial charge < -0.3 is 9.67 Å². The fourth-order valence-corrected chi connectivity index (χ4v) is 5.02. The lowest BCUT2D eigenvalue weighted by molar-refractivity contribution is -0.137. The Morgan fingerprint density at radius 3 is 2.67 bits per heavy atom. The largest absolute Gasteiger partial charge is 0.480 e. The van der Waals surface area contributed by atoms with Crippen LogP contribution in [0.25, 0.3) is 12.2 Å². The number of carboxylic acid groups (broad SMARTS) is 1. The molecule has 0 amide bonds. The number of fused-ring (bicyclic) bond motifs is 1. The molecule has 1 aliphatic rings. The van der Waals surface area contributed by atoms with E-state index in [1.54, 1.807) is 18.0 Å². The van der Waals surface area contributed by atoms with Crippen molar-refractivity contribution in [1.29, 1.82) is 0 Å². The molecule has 1 unspecified atom stereocenters. The van der Waals surface area contributed by atoms with Crippen molar-refractivity contribution in [3.05, 3.63) is 65.0 Å². The number of carbonyl (C=O) groups is 1. The van der Waals surface area contributed by atoms with E-state index in [9.17, 15) is 9.90 Å². The first-order valence-corrected chi connectivity index (χ1v) is 9.93. The van der Waals surface area contributed by atoms with Crippen LogP contribution in [0, 0.1) is 6.92 Å². The zero-order valence-electron chi connectivity index (χ0n) is 16.3. The van der Waals surface area contributed by atoms with Crippen molar-refractivity contribution >= 4 is 30.1 Å². The molecule has 27 heavy (non-hydrogen) atoms. The Morgan fingerprint density at radius 2 is 2.07 bits per heavy atom. The van der Waals surface area contributed by atoms with E-state index in [0.29, 0.717) is 6.04 Å². The first-order valence-electron chi connectivity index (χ1n) is 9.15. The number of nitrogens with zero attached hydrogens (tertiary/aromatic N) is 2. The van der Waals surface area contributed by atoms with Gasteiger partial charge in [0.1, 0.15) is 6.54 Å². The summed E-state index contributed by atoms with van der Waals surface area (Å²) in [6, 6.07) is 8.88. The fraction of sp³-hybridized carbons (Fsp3) is 0.318. The van der Waals surface area contributed by atoms with Crippen LogP contribution in [0.1, 0.15) is 54.9 Å². The third-order valence-electron chi connectivity index (χ3n) is 4.93. The Kier molecular flexibility index (Phi) is 5.63. The summed E-state index contributed by atoms with van der Waals surface area (Å²) in [6.45, 7) is 12.3. The number of aromatic nitrogens is 1. The van der Waals surface area contributed by atoms with Crippen molar-refractivity contribution < 1.29 is 9.90 Å². The molecule has 4 nitrogen and oxygen atoms in total. The van der Waals surface area contributed by atoms with Crippen LogP contribution in [0.4, 0.5) is 0 Å². The Morgan fingerprint density at radius 1 is 1.37 bits per heavy atom. The second-order valence-corrected chi connectivity index (χ2v) is 8.01. The molecule has 142 valence electrons. The zero-order valence-corrected chi connectivity index (χ0v) is 17.1. The smallest absolute Gasteiger partial charge is 0.323 e. The van der Waals surface area contributed by atoms with E-state index in [0.717, 1.165) is 22.5 Å². The summed E-state index contributed by atoms with van der Waals surface area (Å²) in [7, 11) is 0. The highest BCUT2D eigenvalue weighted by Crippen LogP contribution is 2.51. The first-order chi connectivity index (χ1) is 12.9. The second-order valence-electron chi connectivity index (χ2n) is 6.97. The van der Waals surface area contributed by atoms with Crippen LogP contribution in [0.15, 0.2) is 41.8 Å². The SMILES string of the molecule is C=Cc1c(/C=C\C)c(C2c3ccccc3SN2C(C)C)c(C)n1CC(=O)O. The lowest BCUT2D eigenvalue weighted by Gasteiger charge is -2.28. The minimum atomic E-state index is -0.850. The molecule has 1 aromatic heterocycles. The van der Waals surface area contributed by atoms with Crippen LogP contribution < -0.4 is 0 Å². The lowest BCUT2D eigenvalue weighted by atomic mass is 9.93. The summed E-state index contributed by atoms with van der Waals surface area (Å²) in [5.41, 5.74) is 5.33. The number of allylic oxidation sites excluding steroid dienone is 1. The Hall–Kier alpha value is -2.24. The van der Waals surface area contributed by atoms with Crippen LogP contribution in [0.2, 0.25) is 0 Å². The van der Waals surface area contributed by atoms with Crippen LogP contribution in [-0.2, 0) is 11.3 Å². The van der Waals surface area contributed by atoms with Crippen molar-refractivity contribution in [3.63, 3.8) is 0 Å². The third-order valence-corrected chi connectivity index (χ3v) is 6.34. The van der Waals surface area contributed by atoms with E-state index in [-0.39, 0.29) is 12.6 Å². The number of hydrogen-bond donors (Lipinski definition) is 1. The maximum absolute atomic E-state index is 11.5. The quantitative estimate of drug-likeness (QED) is 0.682. The van der Waals surface area contributed by atoms with Gasteiger partial charge in [0.15, 0.2) is 0 Å². The number of rotatable bonds is 6. The van der Waals surface area contributed by atoms with Crippen molar-refractivity contribution in [2.45, 2.75) is 51.2 Å². The highest BCUT2D eigenvalue weighted by Gasteiger charge is 2.38. The zero-order chi connectivity index (χ0) is 19.7. The Bertz CT molecular complexity index is 911. The van der Waals surface area contributed by atoms with Gasteiger partial charge in [-0.3, -0.25) is 4.79 Å². The van der Waals surface area contributed by atoms with Gasteiger partial charge in [0.05, 0.1) is 6.04 Å². The molecule has 2 heterocycles. The van der Waals surface area contributed by atoms with Gasteiger partial charge in [-0.2, -0.15) is 0 Å². The summed E-state index contributed by atoms with van der Waals surface area (Å²) < 4.78 is 4.27. The topological polar surface area (TPSA) is 45.5 Å². The molecule has 0 saturated heterocycles. The molecule has 0 aliphatic carbocycles. The van der Waals surface area contributed by atoms with E-state index in [1.165, 1.54) is 10.5 Å². The van der Waals surface area contributed by atoms with Gasteiger partial charge in [0.2, 0.25) is 0 Å². The minimum Gasteiger partial charge on any atom is -0.480 e. The second kappa shape index (κ2) is 7.79. The normalized spacial score (nSPS) is 17.0. The van der Waals surface area contributed by atoms with Gasteiger partial charge in [-0.1, -0.05) is 36.9 Å². The third kappa shape index (κ3) is 3.37. The first kappa shape index (κ1) is 19.5. The number of hydrogen-bond acceptors (Lipinski definition) is 3. The molecule has 1 atom stereocenters. The number of benzene rings is 1. The van der Waals surface area contributed by atoms with Gasteiger partial charge in [0, 0.05) is 33.5 Å². The van der Waals surface area contributed by atoms with E-state index in [4.69, 9.17) is 0 Å². The molecule has 0 spiro atoms. The highest BCUT2D eigenvalue weighted by atomic mass is 32.2.